The van der Waals surface area contributed by atoms with Crippen molar-refractivity contribution in [3.05, 3.63) is 48.3 Å². The number of fused-ring (bicyclic) bond motifs is 1. The summed E-state index contributed by atoms with van der Waals surface area (Å²) in [6.07, 6.45) is 5.07. The molecule has 3 aromatic rings. The molecule has 4 rings (SSSR count). The lowest BCUT2D eigenvalue weighted by molar-refractivity contribution is 0.0378. The van der Waals surface area contributed by atoms with Crippen molar-refractivity contribution in [1.82, 2.24) is 19.5 Å². The average Bonchev–Trinajstić information content (AvgIpc) is 3.17. The second kappa shape index (κ2) is 9.17. The van der Waals surface area contributed by atoms with Gasteiger partial charge in [0.05, 0.1) is 19.4 Å². The van der Waals surface area contributed by atoms with E-state index in [1.54, 1.807) is 0 Å². The molecule has 0 amide bonds. The zero-order valence-corrected chi connectivity index (χ0v) is 16.6. The van der Waals surface area contributed by atoms with E-state index in [1.165, 1.54) is 0 Å². The van der Waals surface area contributed by atoms with Crippen LogP contribution in [0.3, 0.4) is 0 Å². The minimum atomic E-state index is 0.855. The second-order valence-corrected chi connectivity index (χ2v) is 7.28. The van der Waals surface area contributed by atoms with Gasteiger partial charge in [-0.05, 0) is 24.9 Å². The molecule has 148 valence electrons. The number of hydrogen-bond donors (Lipinski definition) is 1. The summed E-state index contributed by atoms with van der Waals surface area (Å²) in [5.74, 6) is 1.03. The van der Waals surface area contributed by atoms with Crippen molar-refractivity contribution in [3.8, 4) is 11.1 Å². The van der Waals surface area contributed by atoms with Gasteiger partial charge in [0, 0.05) is 37.0 Å². The van der Waals surface area contributed by atoms with Crippen molar-refractivity contribution in [2.75, 3.05) is 44.7 Å². The molecule has 1 aliphatic heterocycles. The maximum Gasteiger partial charge on any atom is 0.165 e. The van der Waals surface area contributed by atoms with Crippen LogP contribution in [0.15, 0.2) is 42.6 Å². The molecular weight excluding hydrogens is 350 g/mol. The third-order valence-electron chi connectivity index (χ3n) is 5.18. The van der Waals surface area contributed by atoms with E-state index in [0.717, 1.165) is 86.9 Å². The number of aryl methyl sites for hydroxylation is 1. The lowest BCUT2D eigenvalue weighted by atomic mass is 10.1. The quantitative estimate of drug-likeness (QED) is 0.607. The molecule has 3 heterocycles. The molecule has 28 heavy (non-hydrogen) atoms. The summed E-state index contributed by atoms with van der Waals surface area (Å²) in [4.78, 5) is 7.37. The number of rotatable bonds is 8. The van der Waals surface area contributed by atoms with Gasteiger partial charge < -0.3 is 10.1 Å². The number of nitrogens with zero attached hydrogens (tertiary/aromatic N) is 4. The van der Waals surface area contributed by atoms with Crippen molar-refractivity contribution in [2.24, 2.45) is 0 Å². The Morgan fingerprint density at radius 1 is 1.14 bits per heavy atom. The molecule has 6 nitrogen and oxygen atoms in total. The Hall–Kier alpha value is -2.44. The van der Waals surface area contributed by atoms with Gasteiger partial charge in [-0.2, -0.15) is 9.61 Å². The molecule has 0 atom stereocenters. The maximum atomic E-state index is 5.42. The lowest BCUT2D eigenvalue weighted by Gasteiger charge is -2.26. The molecule has 2 aromatic heterocycles. The number of ether oxygens (including phenoxy) is 1. The molecule has 1 N–H and O–H groups in total. The first-order chi connectivity index (χ1) is 13.8. The van der Waals surface area contributed by atoms with E-state index >= 15 is 0 Å². The Balaban J connectivity index is 1.52. The van der Waals surface area contributed by atoms with Crippen molar-refractivity contribution in [2.45, 2.75) is 26.2 Å². The van der Waals surface area contributed by atoms with Crippen LogP contribution in [-0.2, 0) is 11.2 Å². The topological polar surface area (TPSA) is 54.7 Å². The highest BCUT2D eigenvalue weighted by Gasteiger charge is 2.13. The first kappa shape index (κ1) is 18.9. The Kier molecular flexibility index (Phi) is 6.19. The van der Waals surface area contributed by atoms with Gasteiger partial charge in [-0.15, -0.1) is 0 Å². The lowest BCUT2D eigenvalue weighted by Crippen LogP contribution is -2.37. The van der Waals surface area contributed by atoms with E-state index in [0.29, 0.717) is 0 Å². The molecule has 0 bridgehead atoms. The van der Waals surface area contributed by atoms with Gasteiger partial charge in [-0.1, -0.05) is 43.7 Å². The molecule has 0 saturated carbocycles. The van der Waals surface area contributed by atoms with Crippen LogP contribution >= 0.6 is 0 Å². The van der Waals surface area contributed by atoms with Gasteiger partial charge >= 0.3 is 0 Å². The maximum absolute atomic E-state index is 5.42. The molecule has 0 radical (unpaired) electrons. The number of aromatic nitrogens is 3. The zero-order chi connectivity index (χ0) is 19.2. The van der Waals surface area contributed by atoms with Crippen LogP contribution in [0.25, 0.3) is 16.8 Å². The summed E-state index contributed by atoms with van der Waals surface area (Å²) in [5.41, 5.74) is 4.27. The summed E-state index contributed by atoms with van der Waals surface area (Å²) < 4.78 is 7.36. The van der Waals surface area contributed by atoms with Gasteiger partial charge in [0.2, 0.25) is 0 Å². The summed E-state index contributed by atoms with van der Waals surface area (Å²) >= 11 is 0. The summed E-state index contributed by atoms with van der Waals surface area (Å²) in [7, 11) is 0. The van der Waals surface area contributed by atoms with Crippen LogP contribution in [0, 0.1) is 0 Å². The number of morpholine rings is 1. The minimum Gasteiger partial charge on any atom is -0.379 e. The van der Waals surface area contributed by atoms with E-state index in [9.17, 15) is 0 Å². The number of nitrogens with one attached hydrogen (secondary N) is 1. The molecule has 1 saturated heterocycles. The van der Waals surface area contributed by atoms with Crippen molar-refractivity contribution < 1.29 is 4.74 Å². The monoisotopic (exact) mass is 379 g/mol. The average molecular weight is 380 g/mol. The molecule has 6 heteroatoms. The number of hydrogen-bond acceptors (Lipinski definition) is 5. The fourth-order valence-corrected chi connectivity index (χ4v) is 3.69. The van der Waals surface area contributed by atoms with Gasteiger partial charge in [-0.3, -0.25) is 4.90 Å². The Bertz CT molecular complexity index is 887. The third kappa shape index (κ3) is 4.34. The van der Waals surface area contributed by atoms with Crippen LogP contribution in [-0.4, -0.2) is 58.9 Å². The van der Waals surface area contributed by atoms with Gasteiger partial charge in [0.15, 0.2) is 5.65 Å². The highest BCUT2D eigenvalue weighted by atomic mass is 16.5. The van der Waals surface area contributed by atoms with Crippen LogP contribution < -0.4 is 5.32 Å². The van der Waals surface area contributed by atoms with Crippen molar-refractivity contribution in [3.63, 3.8) is 0 Å². The van der Waals surface area contributed by atoms with Crippen molar-refractivity contribution >= 4 is 11.5 Å². The summed E-state index contributed by atoms with van der Waals surface area (Å²) in [6.45, 7) is 8.00. The fraction of sp³-hybridized carbons (Fsp3) is 0.455. The highest BCUT2D eigenvalue weighted by Crippen LogP contribution is 2.26. The van der Waals surface area contributed by atoms with E-state index < -0.39 is 0 Å². The van der Waals surface area contributed by atoms with Crippen LogP contribution in [0.1, 0.15) is 25.5 Å². The predicted molar refractivity (Wildman–Crippen MR) is 113 cm³/mol. The standard InChI is InChI=1S/C22H29N5O/c1-2-7-19-16-21(23-10-6-11-26-12-14-28-15-13-26)27-22(25-19)20(17-24-27)18-8-4-3-5-9-18/h3-5,8-9,16-17,23H,2,6-7,10-15H2,1H3. The first-order valence-corrected chi connectivity index (χ1v) is 10.3. The molecule has 0 unspecified atom stereocenters. The molecule has 1 aromatic carbocycles. The summed E-state index contributed by atoms with van der Waals surface area (Å²) in [5, 5.41) is 8.22. The molecule has 1 aliphatic rings. The van der Waals surface area contributed by atoms with E-state index in [4.69, 9.17) is 9.72 Å². The Morgan fingerprint density at radius 2 is 1.96 bits per heavy atom. The van der Waals surface area contributed by atoms with E-state index in [2.05, 4.69) is 52.6 Å². The van der Waals surface area contributed by atoms with Crippen LogP contribution in [0.4, 0.5) is 5.82 Å². The highest BCUT2D eigenvalue weighted by molar-refractivity contribution is 5.78. The predicted octanol–water partition coefficient (Wildman–Crippen LogP) is 3.48. The smallest absolute Gasteiger partial charge is 0.165 e. The van der Waals surface area contributed by atoms with E-state index in [1.807, 2.05) is 16.8 Å². The van der Waals surface area contributed by atoms with E-state index in [-0.39, 0.29) is 0 Å². The molecule has 0 spiro atoms. The third-order valence-corrected chi connectivity index (χ3v) is 5.18. The number of anilines is 1. The normalized spacial score (nSPS) is 15.2. The molecule has 1 fully saturated rings. The largest absolute Gasteiger partial charge is 0.379 e. The SMILES string of the molecule is CCCc1cc(NCCCN2CCOCC2)n2ncc(-c3ccccc3)c2n1. The van der Waals surface area contributed by atoms with Gasteiger partial charge in [0.1, 0.15) is 5.82 Å². The second-order valence-electron chi connectivity index (χ2n) is 7.28. The number of benzene rings is 1. The van der Waals surface area contributed by atoms with Gasteiger partial charge in [0.25, 0.3) is 0 Å². The molecule has 0 aliphatic carbocycles. The fourth-order valence-electron chi connectivity index (χ4n) is 3.69. The van der Waals surface area contributed by atoms with Crippen LogP contribution in [0.5, 0.6) is 0 Å². The first-order valence-electron chi connectivity index (χ1n) is 10.3. The zero-order valence-electron chi connectivity index (χ0n) is 16.6. The van der Waals surface area contributed by atoms with Gasteiger partial charge in [-0.25, -0.2) is 4.98 Å². The minimum absolute atomic E-state index is 0.855. The molecular formula is C22H29N5O. The Morgan fingerprint density at radius 3 is 2.75 bits per heavy atom. The van der Waals surface area contributed by atoms with Crippen LogP contribution in [0.2, 0.25) is 0 Å². The van der Waals surface area contributed by atoms with Crippen molar-refractivity contribution in [1.29, 1.82) is 0 Å². The summed E-state index contributed by atoms with van der Waals surface area (Å²) in [6, 6.07) is 12.5. The Labute approximate surface area is 166 Å².